The van der Waals surface area contributed by atoms with Crippen molar-refractivity contribution in [3.63, 3.8) is 0 Å². The van der Waals surface area contributed by atoms with Gasteiger partial charge in [-0.25, -0.2) is 9.13 Å². The Labute approximate surface area is 562 Å². The number of phosphoric ester groups is 2. The second-order valence-corrected chi connectivity index (χ2v) is 29.7. The van der Waals surface area contributed by atoms with Crippen LogP contribution in [0.3, 0.4) is 0 Å². The van der Waals surface area contributed by atoms with Crippen LogP contribution < -0.4 is 0 Å². The van der Waals surface area contributed by atoms with Crippen LogP contribution in [0.25, 0.3) is 0 Å². The molecule has 19 heteroatoms. The third kappa shape index (κ3) is 66.7. The Morgan fingerprint density at radius 2 is 0.500 bits per heavy atom. The van der Waals surface area contributed by atoms with Crippen LogP contribution in [0.15, 0.2) is 0 Å². The van der Waals surface area contributed by atoms with Crippen molar-refractivity contribution in [2.45, 2.75) is 400 Å². The Hall–Kier alpha value is -1.94. The minimum Gasteiger partial charge on any atom is -0.462 e. The number of aliphatic hydroxyl groups excluding tert-OH is 1. The van der Waals surface area contributed by atoms with E-state index in [0.29, 0.717) is 25.7 Å². The summed E-state index contributed by atoms with van der Waals surface area (Å²) in [5, 5.41) is 10.6. The second kappa shape index (κ2) is 66.3. The molecule has 0 aliphatic heterocycles. The van der Waals surface area contributed by atoms with Gasteiger partial charge in [0.05, 0.1) is 26.4 Å². The van der Waals surface area contributed by atoms with E-state index in [-0.39, 0.29) is 25.7 Å². The zero-order valence-electron chi connectivity index (χ0n) is 59.7. The molecule has 0 saturated carbocycles. The van der Waals surface area contributed by atoms with Gasteiger partial charge in [0, 0.05) is 25.7 Å². The molecule has 0 heterocycles. The predicted octanol–water partition coefficient (Wildman–Crippen LogP) is 21.3. The predicted molar refractivity (Wildman–Crippen MR) is 372 cm³/mol. The highest BCUT2D eigenvalue weighted by Crippen LogP contribution is 2.45. The number of rotatable bonds is 73. The van der Waals surface area contributed by atoms with Crippen molar-refractivity contribution in [3.05, 3.63) is 0 Å². The summed E-state index contributed by atoms with van der Waals surface area (Å²) in [6, 6.07) is 0. The highest BCUT2D eigenvalue weighted by molar-refractivity contribution is 7.47. The molecule has 0 aromatic heterocycles. The standard InChI is InChI=1S/C73H142O17P2/c1-6-9-12-15-17-19-21-23-25-26-27-31-36-40-44-49-54-59-73(78)90-69(63-84-71(76)57-52-47-42-38-34-32-28-29-33-37-41-46-50-55-66(4)5)65-88-92(81,82)86-61-67(74)60-85-91(79,80)87-64-68(62-83-70(75)56-51-45-14-11-8-3)89-72(77)58-53-48-43-39-35-30-24-22-20-18-16-13-10-7-2/h66-69,74H,6-65H2,1-5H3,(H,79,80)(H,81,82)/t67-,68+,69+/m0/s1. The number of carbonyl (C=O) groups excluding carboxylic acids is 4. The Kier molecular flexibility index (Phi) is 64.9. The first kappa shape index (κ1) is 90.1. The average molecular weight is 1350 g/mol. The van der Waals surface area contributed by atoms with Crippen LogP contribution in [0.2, 0.25) is 0 Å². The molecule has 5 atom stereocenters. The van der Waals surface area contributed by atoms with Crippen molar-refractivity contribution in [1.82, 2.24) is 0 Å². The van der Waals surface area contributed by atoms with Crippen molar-refractivity contribution in [3.8, 4) is 0 Å². The zero-order valence-corrected chi connectivity index (χ0v) is 61.5. The highest BCUT2D eigenvalue weighted by Gasteiger charge is 2.30. The monoisotopic (exact) mass is 1350 g/mol. The van der Waals surface area contributed by atoms with E-state index in [2.05, 4.69) is 34.6 Å². The summed E-state index contributed by atoms with van der Waals surface area (Å²) >= 11 is 0. The minimum atomic E-state index is -4.95. The fourth-order valence-electron chi connectivity index (χ4n) is 11.2. The number of ether oxygens (including phenoxy) is 4. The lowest BCUT2D eigenvalue weighted by Gasteiger charge is -2.21. The van der Waals surface area contributed by atoms with Gasteiger partial charge in [-0.05, 0) is 31.6 Å². The molecular formula is C73H142O17P2. The molecule has 0 amide bonds. The first-order valence-electron chi connectivity index (χ1n) is 38.1. The maximum absolute atomic E-state index is 13.0. The topological polar surface area (TPSA) is 237 Å². The zero-order chi connectivity index (χ0) is 67.7. The maximum atomic E-state index is 13.0. The van der Waals surface area contributed by atoms with Gasteiger partial charge in [0.2, 0.25) is 0 Å². The number of aliphatic hydroxyl groups is 1. The summed E-state index contributed by atoms with van der Waals surface area (Å²) in [7, 11) is -9.90. The summed E-state index contributed by atoms with van der Waals surface area (Å²) < 4.78 is 68.2. The molecule has 0 aromatic rings. The van der Waals surface area contributed by atoms with Crippen LogP contribution in [-0.4, -0.2) is 96.7 Å². The number of esters is 4. The largest absolute Gasteiger partial charge is 0.472 e. The Bertz CT molecular complexity index is 1770. The molecule has 0 bridgehead atoms. The number of unbranched alkanes of at least 4 members (excludes halogenated alkanes) is 45. The molecule has 0 saturated heterocycles. The SMILES string of the molecule is CCCCCCCCCCCCCCCCCCCC(=O)O[C@H](COC(=O)CCCCCCCCCCCCCCCC(C)C)COP(=O)(O)OC[C@@H](O)COP(=O)(O)OC[C@@H](COC(=O)CCCCCCC)OC(=O)CCCCCCCCCCCCCCCC. The van der Waals surface area contributed by atoms with Crippen LogP contribution in [-0.2, 0) is 65.4 Å². The van der Waals surface area contributed by atoms with E-state index in [4.69, 9.17) is 37.0 Å². The number of hydrogen-bond acceptors (Lipinski definition) is 15. The van der Waals surface area contributed by atoms with E-state index >= 15 is 0 Å². The quantitative estimate of drug-likeness (QED) is 0.0222. The summed E-state index contributed by atoms with van der Waals surface area (Å²) in [5.41, 5.74) is 0. The molecule has 2 unspecified atom stereocenters. The lowest BCUT2D eigenvalue weighted by atomic mass is 10.0. The van der Waals surface area contributed by atoms with E-state index in [1.165, 1.54) is 199 Å². The molecule has 0 aliphatic carbocycles. The molecule has 92 heavy (non-hydrogen) atoms. The fourth-order valence-corrected chi connectivity index (χ4v) is 12.8. The van der Waals surface area contributed by atoms with Crippen LogP contribution in [0.4, 0.5) is 0 Å². The number of carbonyl (C=O) groups is 4. The normalized spacial score (nSPS) is 14.0. The fraction of sp³-hybridized carbons (Fsp3) is 0.945. The van der Waals surface area contributed by atoms with E-state index in [0.717, 1.165) is 102 Å². The molecule has 0 aromatic carbocycles. The van der Waals surface area contributed by atoms with Crippen molar-refractivity contribution < 1.29 is 80.2 Å². The van der Waals surface area contributed by atoms with Crippen LogP contribution in [0.5, 0.6) is 0 Å². The van der Waals surface area contributed by atoms with Gasteiger partial charge in [0.15, 0.2) is 12.2 Å². The molecule has 0 rings (SSSR count). The summed E-state index contributed by atoms with van der Waals surface area (Å²) in [6.45, 7) is 7.21. The van der Waals surface area contributed by atoms with Gasteiger partial charge in [-0.15, -0.1) is 0 Å². The molecular weight excluding hydrogens is 1210 g/mol. The van der Waals surface area contributed by atoms with Gasteiger partial charge in [0.25, 0.3) is 0 Å². The molecule has 0 spiro atoms. The van der Waals surface area contributed by atoms with Gasteiger partial charge < -0.3 is 33.8 Å². The van der Waals surface area contributed by atoms with Crippen molar-refractivity contribution in [1.29, 1.82) is 0 Å². The first-order valence-corrected chi connectivity index (χ1v) is 41.1. The van der Waals surface area contributed by atoms with E-state index in [1.807, 2.05) is 0 Å². The van der Waals surface area contributed by atoms with E-state index in [1.54, 1.807) is 0 Å². The van der Waals surface area contributed by atoms with Gasteiger partial charge in [-0.2, -0.15) is 0 Å². The highest BCUT2D eigenvalue weighted by atomic mass is 31.2. The first-order chi connectivity index (χ1) is 44.5. The Morgan fingerprint density at radius 1 is 0.293 bits per heavy atom. The van der Waals surface area contributed by atoms with E-state index < -0.39 is 97.5 Å². The molecule has 546 valence electrons. The van der Waals surface area contributed by atoms with Crippen LogP contribution in [0.1, 0.15) is 381 Å². The summed E-state index contributed by atoms with van der Waals surface area (Å²) in [5.74, 6) is -1.34. The van der Waals surface area contributed by atoms with Crippen molar-refractivity contribution in [2.75, 3.05) is 39.6 Å². The average Bonchev–Trinajstić information content (AvgIpc) is 3.48. The molecule has 0 fully saturated rings. The summed E-state index contributed by atoms with van der Waals surface area (Å²) in [4.78, 5) is 72.4. The molecule has 17 nitrogen and oxygen atoms in total. The third-order valence-corrected chi connectivity index (χ3v) is 18.9. The third-order valence-electron chi connectivity index (χ3n) is 17.0. The molecule has 0 radical (unpaired) electrons. The van der Waals surface area contributed by atoms with Crippen LogP contribution >= 0.6 is 15.6 Å². The molecule has 3 N–H and O–H groups in total. The van der Waals surface area contributed by atoms with E-state index in [9.17, 15) is 43.2 Å². The lowest BCUT2D eigenvalue weighted by Crippen LogP contribution is -2.30. The smallest absolute Gasteiger partial charge is 0.462 e. The second-order valence-electron chi connectivity index (χ2n) is 26.8. The van der Waals surface area contributed by atoms with Crippen LogP contribution in [0, 0.1) is 5.92 Å². The molecule has 0 aliphatic rings. The Morgan fingerprint density at radius 3 is 0.739 bits per heavy atom. The summed E-state index contributed by atoms with van der Waals surface area (Å²) in [6.07, 6.45) is 54.4. The van der Waals surface area contributed by atoms with Gasteiger partial charge in [0.1, 0.15) is 19.3 Å². The van der Waals surface area contributed by atoms with Gasteiger partial charge in [-0.1, -0.05) is 330 Å². The number of phosphoric acid groups is 2. The minimum absolute atomic E-state index is 0.107. The van der Waals surface area contributed by atoms with Crippen molar-refractivity contribution in [2.24, 2.45) is 5.92 Å². The number of hydrogen-bond donors (Lipinski definition) is 3. The Balaban J connectivity index is 5.15. The lowest BCUT2D eigenvalue weighted by molar-refractivity contribution is -0.161. The maximum Gasteiger partial charge on any atom is 0.472 e. The van der Waals surface area contributed by atoms with Crippen molar-refractivity contribution >= 4 is 39.5 Å². The van der Waals surface area contributed by atoms with Gasteiger partial charge in [-0.3, -0.25) is 37.3 Å². The van der Waals surface area contributed by atoms with Gasteiger partial charge >= 0.3 is 39.5 Å².